The highest BCUT2D eigenvalue weighted by molar-refractivity contribution is 5.67. The number of aliphatic carboxylic acids is 1. The Labute approximate surface area is 59.3 Å². The van der Waals surface area contributed by atoms with Gasteiger partial charge >= 0.3 is 5.97 Å². The van der Waals surface area contributed by atoms with Crippen LogP contribution in [0.1, 0.15) is 6.42 Å². The monoisotopic (exact) mass is 142 g/mol. The minimum Gasteiger partial charge on any atom is -0.480 e. The van der Waals surface area contributed by atoms with Gasteiger partial charge in [-0.3, -0.25) is 0 Å². The molecule has 0 aliphatic heterocycles. The van der Waals surface area contributed by atoms with Crippen molar-refractivity contribution in [3.05, 3.63) is 12.2 Å². The highest BCUT2D eigenvalue weighted by Crippen LogP contribution is 2.15. The van der Waals surface area contributed by atoms with Gasteiger partial charge in [-0.2, -0.15) is 0 Å². The average molecular weight is 142 g/mol. The molecule has 1 aliphatic carbocycles. The summed E-state index contributed by atoms with van der Waals surface area (Å²) in [6.07, 6.45) is 5.11. The lowest BCUT2D eigenvalue weighted by atomic mass is 9.97. The summed E-state index contributed by atoms with van der Waals surface area (Å²) in [5.41, 5.74) is 0. The predicted molar refractivity (Wildman–Crippen MR) is 35.7 cm³/mol. The van der Waals surface area contributed by atoms with Crippen LogP contribution < -0.4 is 0 Å². The first-order valence-electron chi connectivity index (χ1n) is 3.25. The quantitative estimate of drug-likeness (QED) is 0.586. The molecule has 0 aromatic heterocycles. The third-order valence-corrected chi connectivity index (χ3v) is 1.40. The number of ether oxygens (including phenoxy) is 1. The zero-order valence-corrected chi connectivity index (χ0v) is 5.62. The van der Waals surface area contributed by atoms with Crippen molar-refractivity contribution in [3.8, 4) is 0 Å². The molecule has 0 amide bonds. The van der Waals surface area contributed by atoms with E-state index in [1.807, 2.05) is 6.08 Å². The summed E-state index contributed by atoms with van der Waals surface area (Å²) in [6.45, 7) is 0.368. The van der Waals surface area contributed by atoms with Crippen molar-refractivity contribution in [2.75, 3.05) is 13.2 Å². The number of hydrogen-bond donors (Lipinski definition) is 1. The van der Waals surface area contributed by atoms with Crippen LogP contribution >= 0.6 is 0 Å². The Morgan fingerprint density at radius 3 is 2.90 bits per heavy atom. The van der Waals surface area contributed by atoms with E-state index in [9.17, 15) is 4.79 Å². The molecule has 1 rings (SSSR count). The van der Waals surface area contributed by atoms with Gasteiger partial charge in [-0.15, -0.1) is 0 Å². The van der Waals surface area contributed by atoms with Crippen LogP contribution in [0.2, 0.25) is 0 Å². The summed E-state index contributed by atoms with van der Waals surface area (Å²) in [5.74, 6) is -0.442. The van der Waals surface area contributed by atoms with Crippen LogP contribution in [-0.2, 0) is 9.53 Å². The van der Waals surface area contributed by atoms with Gasteiger partial charge in [-0.25, -0.2) is 4.79 Å². The lowest BCUT2D eigenvalue weighted by Crippen LogP contribution is -2.15. The first kappa shape index (κ1) is 7.28. The molecule has 0 bridgehead atoms. The summed E-state index contributed by atoms with van der Waals surface area (Å²) in [4.78, 5) is 9.94. The standard InChI is InChI=1S/C7H10O3/c8-7(9)5-10-4-6-2-1-3-6/h1-2,6H,3-5H2,(H,8,9). The number of rotatable bonds is 4. The molecule has 3 heteroatoms. The summed E-state index contributed by atoms with van der Waals surface area (Å²) in [5, 5.41) is 8.17. The van der Waals surface area contributed by atoms with Crippen molar-refractivity contribution in [2.45, 2.75) is 6.42 Å². The largest absolute Gasteiger partial charge is 0.480 e. The van der Waals surface area contributed by atoms with E-state index in [2.05, 4.69) is 6.08 Å². The Hall–Kier alpha value is -0.830. The summed E-state index contributed by atoms with van der Waals surface area (Å²) >= 11 is 0. The smallest absolute Gasteiger partial charge is 0.329 e. The van der Waals surface area contributed by atoms with Gasteiger partial charge in [0.05, 0.1) is 6.61 Å². The molecule has 1 N–H and O–H groups in total. The van der Waals surface area contributed by atoms with Gasteiger partial charge in [-0.05, 0) is 6.42 Å². The minimum absolute atomic E-state index is 0.176. The molecule has 1 unspecified atom stereocenters. The van der Waals surface area contributed by atoms with Crippen LogP contribution in [-0.4, -0.2) is 24.3 Å². The fourth-order valence-electron chi connectivity index (χ4n) is 0.750. The topological polar surface area (TPSA) is 46.5 Å². The molecule has 0 aromatic carbocycles. The summed E-state index contributed by atoms with van der Waals surface area (Å²) < 4.78 is 4.85. The Kier molecular flexibility index (Phi) is 2.45. The maximum Gasteiger partial charge on any atom is 0.329 e. The van der Waals surface area contributed by atoms with Crippen LogP contribution in [0, 0.1) is 5.92 Å². The summed E-state index contributed by atoms with van der Waals surface area (Å²) in [6, 6.07) is 0. The zero-order chi connectivity index (χ0) is 7.40. The normalized spacial score (nSPS) is 22.2. The van der Waals surface area contributed by atoms with Crippen molar-refractivity contribution >= 4 is 5.97 Å². The number of hydrogen-bond acceptors (Lipinski definition) is 2. The van der Waals surface area contributed by atoms with Crippen molar-refractivity contribution < 1.29 is 14.6 Å². The molecule has 0 aromatic rings. The first-order chi connectivity index (χ1) is 4.79. The van der Waals surface area contributed by atoms with Gasteiger partial charge in [0.2, 0.25) is 0 Å². The van der Waals surface area contributed by atoms with E-state index in [0.29, 0.717) is 12.5 Å². The van der Waals surface area contributed by atoms with Crippen LogP contribution in [0.5, 0.6) is 0 Å². The molecule has 56 valence electrons. The fourth-order valence-corrected chi connectivity index (χ4v) is 0.750. The minimum atomic E-state index is -0.900. The molecule has 10 heavy (non-hydrogen) atoms. The molecule has 1 atom stereocenters. The third kappa shape index (κ3) is 2.19. The number of carbonyl (C=O) groups is 1. The summed E-state index contributed by atoms with van der Waals surface area (Å²) in [7, 11) is 0. The van der Waals surface area contributed by atoms with E-state index in [1.54, 1.807) is 0 Å². The second kappa shape index (κ2) is 3.37. The molecule has 3 nitrogen and oxygen atoms in total. The highest BCUT2D eigenvalue weighted by atomic mass is 16.5. The van der Waals surface area contributed by atoms with Crippen LogP contribution in [0.3, 0.4) is 0 Å². The van der Waals surface area contributed by atoms with E-state index in [1.165, 1.54) is 0 Å². The van der Waals surface area contributed by atoms with Crippen LogP contribution in [0.15, 0.2) is 12.2 Å². The highest BCUT2D eigenvalue weighted by Gasteiger charge is 2.09. The number of allylic oxidation sites excluding steroid dienone is 1. The molecule has 0 spiro atoms. The van der Waals surface area contributed by atoms with Crippen LogP contribution in [0.4, 0.5) is 0 Å². The molecule has 0 fully saturated rings. The fraction of sp³-hybridized carbons (Fsp3) is 0.571. The zero-order valence-electron chi connectivity index (χ0n) is 5.62. The Bertz CT molecular complexity index is 151. The third-order valence-electron chi connectivity index (χ3n) is 1.40. The second-order valence-corrected chi connectivity index (χ2v) is 2.33. The maximum atomic E-state index is 9.94. The van der Waals surface area contributed by atoms with Crippen molar-refractivity contribution in [1.29, 1.82) is 0 Å². The Morgan fingerprint density at radius 1 is 1.80 bits per heavy atom. The van der Waals surface area contributed by atoms with Gasteiger partial charge in [0, 0.05) is 5.92 Å². The Balaban J connectivity index is 1.95. The van der Waals surface area contributed by atoms with Crippen molar-refractivity contribution in [3.63, 3.8) is 0 Å². The maximum absolute atomic E-state index is 9.94. The molecular weight excluding hydrogens is 132 g/mol. The van der Waals surface area contributed by atoms with Gasteiger partial charge in [-0.1, -0.05) is 12.2 Å². The average Bonchev–Trinajstić information content (AvgIpc) is 1.75. The van der Waals surface area contributed by atoms with E-state index < -0.39 is 5.97 Å². The molecule has 1 aliphatic rings. The van der Waals surface area contributed by atoms with Crippen molar-refractivity contribution in [2.24, 2.45) is 5.92 Å². The first-order valence-corrected chi connectivity index (χ1v) is 3.25. The van der Waals surface area contributed by atoms with E-state index in [0.717, 1.165) is 6.42 Å². The van der Waals surface area contributed by atoms with Crippen LogP contribution in [0.25, 0.3) is 0 Å². The van der Waals surface area contributed by atoms with E-state index >= 15 is 0 Å². The van der Waals surface area contributed by atoms with Gasteiger partial charge in [0.1, 0.15) is 6.61 Å². The van der Waals surface area contributed by atoms with Gasteiger partial charge < -0.3 is 9.84 Å². The Morgan fingerprint density at radius 2 is 2.50 bits per heavy atom. The molecule has 0 radical (unpaired) electrons. The van der Waals surface area contributed by atoms with Gasteiger partial charge in [0.15, 0.2) is 0 Å². The van der Waals surface area contributed by atoms with E-state index in [-0.39, 0.29) is 6.61 Å². The molecule has 0 heterocycles. The van der Waals surface area contributed by atoms with E-state index in [4.69, 9.17) is 9.84 Å². The number of carboxylic acid groups (broad SMARTS) is 1. The predicted octanol–water partition coefficient (Wildman–Crippen LogP) is 0.664. The van der Waals surface area contributed by atoms with Gasteiger partial charge in [0.25, 0.3) is 0 Å². The van der Waals surface area contributed by atoms with Crippen molar-refractivity contribution in [1.82, 2.24) is 0 Å². The molecule has 0 saturated heterocycles. The second-order valence-electron chi connectivity index (χ2n) is 2.33. The SMILES string of the molecule is O=C(O)COCC1C=CC1. The molecule has 0 saturated carbocycles. The molecular formula is C7H10O3. The lowest BCUT2D eigenvalue weighted by Gasteiger charge is -2.16. The lowest BCUT2D eigenvalue weighted by molar-refractivity contribution is -0.142. The number of carboxylic acids is 1.